The number of carbonyl (C=O) groups is 1. The second kappa shape index (κ2) is 59.6. The van der Waals surface area contributed by atoms with Crippen molar-refractivity contribution in [2.75, 3.05) is 26.4 Å². The van der Waals surface area contributed by atoms with Gasteiger partial charge in [-0.2, -0.15) is 0 Å². The highest BCUT2D eigenvalue weighted by Crippen LogP contribution is 2.33. The summed E-state index contributed by atoms with van der Waals surface area (Å²) in [6.45, 7) is 1.76. The van der Waals surface area contributed by atoms with Gasteiger partial charge in [0.25, 0.3) is 0 Å². The van der Waals surface area contributed by atoms with Crippen LogP contribution in [-0.4, -0.2) is 193 Å². The van der Waals surface area contributed by atoms with E-state index in [1.54, 1.807) is 6.08 Å². The number of amides is 1. The Morgan fingerprint density at radius 3 is 1.03 bits per heavy atom. The molecule has 17 atom stereocenters. The summed E-state index contributed by atoms with van der Waals surface area (Å²) in [6.07, 6.45) is 44.8. The number of hydrogen-bond acceptors (Lipinski definition) is 18. The summed E-state index contributed by atoms with van der Waals surface area (Å²) < 4.78 is 34.4. The lowest BCUT2D eigenvalue weighted by molar-refractivity contribution is -0.379. The molecule has 19 nitrogen and oxygen atoms in total. The fourth-order valence-electron chi connectivity index (χ4n) is 13.8. The average molecular weight is 1390 g/mol. The molecule has 3 saturated heterocycles. The fourth-order valence-corrected chi connectivity index (χ4v) is 13.8. The van der Waals surface area contributed by atoms with Crippen molar-refractivity contribution in [2.45, 2.75) is 439 Å². The molecule has 0 aliphatic carbocycles. The average Bonchev–Trinajstić information content (AvgIpc) is 0.789. The van der Waals surface area contributed by atoms with Crippen molar-refractivity contribution in [3.8, 4) is 0 Å². The van der Waals surface area contributed by atoms with E-state index < -0.39 is 124 Å². The Morgan fingerprint density at radius 2 is 0.660 bits per heavy atom. The molecule has 0 spiro atoms. The van der Waals surface area contributed by atoms with Crippen LogP contribution in [0.25, 0.3) is 0 Å². The first-order valence-corrected chi connectivity index (χ1v) is 40.1. The molecule has 97 heavy (non-hydrogen) atoms. The summed E-state index contributed by atoms with van der Waals surface area (Å²) in [5.74, 6) is -0.278. The van der Waals surface area contributed by atoms with Gasteiger partial charge in [-0.25, -0.2) is 0 Å². The van der Waals surface area contributed by atoms with Gasteiger partial charge in [-0.1, -0.05) is 321 Å². The van der Waals surface area contributed by atoms with Gasteiger partial charge in [0.05, 0.1) is 38.6 Å². The van der Waals surface area contributed by atoms with Crippen LogP contribution in [0.5, 0.6) is 0 Å². The molecular formula is C78H147NO18. The normalized spacial score (nSPS) is 27.0. The van der Waals surface area contributed by atoms with Crippen LogP contribution in [0.2, 0.25) is 0 Å². The third-order valence-electron chi connectivity index (χ3n) is 20.3. The standard InChI is InChI=1S/C78H147NO18/c1-3-5-7-9-11-13-15-17-19-21-22-23-24-25-26-27-28-29-30-31-32-33-34-35-36-37-38-40-42-44-46-48-50-52-54-56-66(84)79-61(62(83)55-53-51-49-47-45-43-41-39-20-18-16-14-12-10-8-6-4-2)60-92-76-72(90)69(87)74(64(58-81)94-76)97-78-73(91)70(88)75(65(59-82)95-78)96-77-71(89)68(86)67(85)63(57-80)93-77/h45,47,53,55,61-65,67-78,80-83,85-91H,3-44,46,48-52,54,56-60H2,1-2H3,(H,79,84)/b47-45+,55-53+. The van der Waals surface area contributed by atoms with Gasteiger partial charge in [0, 0.05) is 6.42 Å². The van der Waals surface area contributed by atoms with Crippen LogP contribution in [0.15, 0.2) is 24.3 Å². The Morgan fingerprint density at radius 1 is 0.361 bits per heavy atom. The Hall–Kier alpha value is -1.73. The quantitative estimate of drug-likeness (QED) is 0.0199. The number of unbranched alkanes of at least 4 members (excludes halogenated alkanes) is 46. The summed E-state index contributed by atoms with van der Waals surface area (Å²) in [6, 6.07) is -0.987. The molecule has 17 unspecified atom stereocenters. The van der Waals surface area contributed by atoms with Gasteiger partial charge in [-0.05, 0) is 32.1 Å². The number of carbonyl (C=O) groups excluding carboxylic acids is 1. The van der Waals surface area contributed by atoms with E-state index in [1.807, 2.05) is 6.08 Å². The first kappa shape index (κ1) is 89.5. The predicted octanol–water partition coefficient (Wildman–Crippen LogP) is 13.0. The zero-order valence-electron chi connectivity index (χ0n) is 61.1. The summed E-state index contributed by atoms with van der Waals surface area (Å²) in [7, 11) is 0. The van der Waals surface area contributed by atoms with Crippen molar-refractivity contribution in [3.63, 3.8) is 0 Å². The van der Waals surface area contributed by atoms with Gasteiger partial charge < -0.3 is 89.9 Å². The number of hydrogen-bond donors (Lipinski definition) is 12. The zero-order valence-corrected chi connectivity index (χ0v) is 61.1. The van der Waals surface area contributed by atoms with Crippen molar-refractivity contribution in [3.05, 3.63) is 24.3 Å². The van der Waals surface area contributed by atoms with E-state index in [0.717, 1.165) is 38.5 Å². The second-order valence-electron chi connectivity index (χ2n) is 28.9. The highest BCUT2D eigenvalue weighted by atomic mass is 16.8. The molecule has 3 rings (SSSR count). The van der Waals surface area contributed by atoms with E-state index in [9.17, 15) is 61.0 Å². The van der Waals surface area contributed by atoms with Crippen molar-refractivity contribution >= 4 is 5.91 Å². The minimum absolute atomic E-state index is 0.241. The predicted molar refractivity (Wildman–Crippen MR) is 383 cm³/mol. The van der Waals surface area contributed by atoms with Crippen molar-refractivity contribution in [1.82, 2.24) is 5.32 Å². The maximum Gasteiger partial charge on any atom is 0.220 e. The van der Waals surface area contributed by atoms with Crippen LogP contribution in [0, 0.1) is 0 Å². The Kier molecular flexibility index (Phi) is 55.0. The Labute approximate surface area is 588 Å². The summed E-state index contributed by atoms with van der Waals surface area (Å²) in [5.41, 5.74) is 0. The van der Waals surface area contributed by atoms with Crippen LogP contribution < -0.4 is 5.32 Å². The molecule has 3 aliphatic heterocycles. The third kappa shape index (κ3) is 40.2. The van der Waals surface area contributed by atoms with E-state index in [0.29, 0.717) is 12.8 Å². The molecule has 3 heterocycles. The Balaban J connectivity index is 1.33. The lowest BCUT2D eigenvalue weighted by atomic mass is 9.96. The molecule has 0 bridgehead atoms. The van der Waals surface area contributed by atoms with E-state index in [1.165, 1.54) is 263 Å². The molecule has 1 amide bonds. The molecule has 0 radical (unpaired) electrons. The summed E-state index contributed by atoms with van der Waals surface area (Å²) in [5, 5.41) is 121. The Bertz CT molecular complexity index is 1850. The number of aliphatic hydroxyl groups excluding tert-OH is 11. The van der Waals surface area contributed by atoms with Gasteiger partial charge >= 0.3 is 0 Å². The van der Waals surface area contributed by atoms with Gasteiger partial charge in [-0.15, -0.1) is 0 Å². The first-order chi connectivity index (χ1) is 47.3. The maximum absolute atomic E-state index is 13.4. The zero-order chi connectivity index (χ0) is 70.4. The monoisotopic (exact) mass is 1390 g/mol. The number of nitrogens with one attached hydrogen (secondary N) is 1. The van der Waals surface area contributed by atoms with Gasteiger partial charge in [0.15, 0.2) is 18.9 Å². The molecule has 0 aromatic carbocycles. The molecular weight excluding hydrogens is 1240 g/mol. The van der Waals surface area contributed by atoms with E-state index in [-0.39, 0.29) is 18.9 Å². The number of ether oxygens (including phenoxy) is 6. The largest absolute Gasteiger partial charge is 0.394 e. The molecule has 3 fully saturated rings. The molecule has 0 aromatic heterocycles. The van der Waals surface area contributed by atoms with Gasteiger partial charge in [0.1, 0.15) is 73.2 Å². The van der Waals surface area contributed by atoms with E-state index >= 15 is 0 Å². The molecule has 572 valence electrons. The molecule has 0 aromatic rings. The van der Waals surface area contributed by atoms with E-state index in [2.05, 4.69) is 31.3 Å². The summed E-state index contributed by atoms with van der Waals surface area (Å²) >= 11 is 0. The van der Waals surface area contributed by atoms with E-state index in [4.69, 9.17) is 28.4 Å². The number of rotatable bonds is 64. The molecule has 0 saturated carbocycles. The minimum Gasteiger partial charge on any atom is -0.394 e. The fraction of sp³-hybridized carbons (Fsp3) is 0.936. The number of allylic oxidation sites excluding steroid dienone is 3. The first-order valence-electron chi connectivity index (χ1n) is 40.1. The SMILES string of the molecule is CCCCCCCCCCCCC/C=C/CC/C=C/C(O)C(COC1OC(CO)C(OC2OC(CO)C(OC3OC(CO)C(O)C(O)C3O)C(O)C2O)C(O)C1O)NC(=O)CCCCCCCCCCCCCCCCCCCCCCCCCCCCCCCCCCCCC. The minimum atomic E-state index is -1.98. The maximum atomic E-state index is 13.4. The highest BCUT2D eigenvalue weighted by molar-refractivity contribution is 5.76. The third-order valence-corrected chi connectivity index (χ3v) is 20.3. The van der Waals surface area contributed by atoms with Crippen LogP contribution in [0.3, 0.4) is 0 Å². The highest BCUT2D eigenvalue weighted by Gasteiger charge is 2.54. The lowest BCUT2D eigenvalue weighted by Gasteiger charge is -2.48. The smallest absolute Gasteiger partial charge is 0.220 e. The molecule has 3 aliphatic rings. The van der Waals surface area contributed by atoms with Crippen molar-refractivity contribution in [1.29, 1.82) is 0 Å². The lowest BCUT2D eigenvalue weighted by Crippen LogP contribution is -2.66. The topological polar surface area (TPSA) is 307 Å². The van der Waals surface area contributed by atoms with Crippen LogP contribution >= 0.6 is 0 Å². The van der Waals surface area contributed by atoms with Gasteiger partial charge in [0.2, 0.25) is 5.91 Å². The molecule has 12 N–H and O–H groups in total. The van der Waals surface area contributed by atoms with Crippen LogP contribution in [0.1, 0.15) is 335 Å². The van der Waals surface area contributed by atoms with Crippen molar-refractivity contribution < 1.29 is 89.4 Å². The summed E-state index contributed by atoms with van der Waals surface area (Å²) in [4.78, 5) is 13.4. The molecule has 19 heteroatoms. The van der Waals surface area contributed by atoms with Crippen molar-refractivity contribution in [2.24, 2.45) is 0 Å². The van der Waals surface area contributed by atoms with Crippen LogP contribution in [0.4, 0.5) is 0 Å². The number of aliphatic hydroxyl groups is 11. The van der Waals surface area contributed by atoms with Crippen LogP contribution in [-0.2, 0) is 33.2 Å². The van der Waals surface area contributed by atoms with Gasteiger partial charge in [-0.3, -0.25) is 4.79 Å². The second-order valence-corrected chi connectivity index (χ2v) is 28.9.